The summed E-state index contributed by atoms with van der Waals surface area (Å²) in [5, 5.41) is 1.00. The van der Waals surface area contributed by atoms with Crippen molar-refractivity contribution in [3.8, 4) is 0 Å². The Kier molecular flexibility index (Phi) is 9.73. The minimum absolute atomic E-state index is 0.220. The maximum atomic E-state index is 13.1. The van der Waals surface area contributed by atoms with Crippen molar-refractivity contribution in [2.75, 3.05) is 47.8 Å². The molecular formula is C23H33ClN6O5S2. The molecule has 2 aliphatic rings. The van der Waals surface area contributed by atoms with E-state index in [0.717, 1.165) is 5.41 Å². The van der Waals surface area contributed by atoms with E-state index in [0.29, 0.717) is 53.9 Å². The van der Waals surface area contributed by atoms with Crippen LogP contribution in [0.2, 0.25) is 4.34 Å². The van der Waals surface area contributed by atoms with Gasteiger partial charge in [-0.1, -0.05) is 11.6 Å². The average Bonchev–Trinajstić information content (AvgIpc) is 3.47. The molecule has 0 saturated carbocycles. The van der Waals surface area contributed by atoms with Crippen LogP contribution in [0.5, 0.6) is 0 Å². The molecule has 2 saturated heterocycles. The maximum Gasteiger partial charge on any atom is 0.271 e. The second-order valence-electron chi connectivity index (χ2n) is 9.35. The lowest BCUT2D eigenvalue weighted by Gasteiger charge is -2.33. The van der Waals surface area contributed by atoms with E-state index in [1.54, 1.807) is 50.1 Å². The summed E-state index contributed by atoms with van der Waals surface area (Å²) in [6, 6.07) is 1.71. The van der Waals surface area contributed by atoms with Crippen LogP contribution in [0.3, 0.4) is 0 Å². The Hall–Kier alpha value is -2.48. The maximum absolute atomic E-state index is 13.1. The second-order valence-corrected chi connectivity index (χ2v) is 12.7. The molecule has 0 spiro atoms. The summed E-state index contributed by atoms with van der Waals surface area (Å²) in [5.74, 6) is -0.744. The predicted octanol–water partition coefficient (Wildman–Crippen LogP) is 1.28. The van der Waals surface area contributed by atoms with Crippen LogP contribution < -0.4 is 4.72 Å². The van der Waals surface area contributed by atoms with Crippen molar-refractivity contribution in [1.82, 2.24) is 24.3 Å². The van der Waals surface area contributed by atoms with E-state index in [4.69, 9.17) is 11.6 Å². The highest BCUT2D eigenvalue weighted by atomic mass is 35.5. The molecule has 14 heteroatoms. The van der Waals surface area contributed by atoms with Gasteiger partial charge in [-0.25, -0.2) is 8.42 Å². The van der Waals surface area contributed by atoms with E-state index in [1.807, 2.05) is 0 Å². The minimum atomic E-state index is -3.89. The molecule has 1 aromatic rings. The molecule has 1 aromatic heterocycles. The quantitative estimate of drug-likeness (QED) is 0.386. The number of likely N-dealkylation sites (tertiary alicyclic amines) is 2. The van der Waals surface area contributed by atoms with Gasteiger partial charge >= 0.3 is 0 Å². The van der Waals surface area contributed by atoms with Crippen LogP contribution in [0, 0.1) is 0 Å². The monoisotopic (exact) mass is 572 g/mol. The summed E-state index contributed by atoms with van der Waals surface area (Å²) in [6.45, 7) is 0.518. The molecule has 0 aliphatic carbocycles. The second kappa shape index (κ2) is 12.4. The van der Waals surface area contributed by atoms with Crippen LogP contribution in [0.4, 0.5) is 0 Å². The smallest absolute Gasteiger partial charge is 0.271 e. The van der Waals surface area contributed by atoms with Gasteiger partial charge in [0.15, 0.2) is 0 Å². The van der Waals surface area contributed by atoms with E-state index >= 15 is 0 Å². The van der Waals surface area contributed by atoms with Gasteiger partial charge in [-0.15, -0.1) is 11.3 Å². The summed E-state index contributed by atoms with van der Waals surface area (Å²) in [4.78, 5) is 50.2. The molecule has 0 aromatic carbocycles. The summed E-state index contributed by atoms with van der Waals surface area (Å²) in [6.07, 6.45) is 3.45. The van der Waals surface area contributed by atoms with Gasteiger partial charge in [0, 0.05) is 51.6 Å². The van der Waals surface area contributed by atoms with Gasteiger partial charge < -0.3 is 19.6 Å². The van der Waals surface area contributed by atoms with Crippen LogP contribution in [0.25, 0.3) is 6.08 Å². The molecular weight excluding hydrogens is 540 g/mol. The molecule has 37 heavy (non-hydrogen) atoms. The molecule has 0 radical (unpaired) electrons. The lowest BCUT2D eigenvalue weighted by atomic mass is 10.1. The van der Waals surface area contributed by atoms with Crippen molar-refractivity contribution in [2.24, 2.45) is 4.99 Å². The Balaban J connectivity index is 1.63. The molecule has 3 rings (SSSR count). The molecule has 11 nitrogen and oxygen atoms in total. The predicted molar refractivity (Wildman–Crippen MR) is 145 cm³/mol. The third-order valence-electron chi connectivity index (χ3n) is 6.04. The first-order valence-electron chi connectivity index (χ1n) is 11.9. The van der Waals surface area contributed by atoms with Crippen LogP contribution in [-0.2, 0) is 24.4 Å². The highest BCUT2D eigenvalue weighted by Crippen LogP contribution is 2.23. The summed E-state index contributed by atoms with van der Waals surface area (Å²) in [7, 11) is 3.23. The van der Waals surface area contributed by atoms with Crippen LogP contribution in [0.1, 0.15) is 30.6 Å². The third-order valence-corrected chi connectivity index (χ3v) is 8.34. The van der Waals surface area contributed by atoms with Gasteiger partial charge in [0.25, 0.3) is 5.91 Å². The fourth-order valence-corrected chi connectivity index (χ4v) is 6.44. The van der Waals surface area contributed by atoms with Gasteiger partial charge in [0.1, 0.15) is 12.1 Å². The number of aliphatic imine (C=N–C) groups is 1. The third kappa shape index (κ3) is 7.76. The summed E-state index contributed by atoms with van der Waals surface area (Å²) >= 11 is 7.11. The number of nitrogens with one attached hydrogen (secondary N) is 1. The molecule has 2 atom stereocenters. The van der Waals surface area contributed by atoms with Gasteiger partial charge in [-0.2, -0.15) is 9.71 Å². The Bertz CT molecular complexity index is 1170. The molecule has 204 valence electrons. The average molecular weight is 573 g/mol. The van der Waals surface area contributed by atoms with E-state index in [2.05, 4.69) is 9.71 Å². The summed E-state index contributed by atoms with van der Waals surface area (Å²) < 4.78 is 28.0. The van der Waals surface area contributed by atoms with Crippen molar-refractivity contribution < 1.29 is 22.8 Å². The molecule has 1 N–H and O–H groups in total. The Morgan fingerprint density at radius 3 is 2.46 bits per heavy atom. The fraction of sp³-hybridized carbons (Fsp3) is 0.565. The number of hydrogen-bond acceptors (Lipinski definition) is 6. The zero-order chi connectivity index (χ0) is 27.3. The normalized spacial score (nSPS) is 20.4. The fourth-order valence-electron chi connectivity index (χ4n) is 4.37. The molecule has 2 aliphatic heterocycles. The number of carbonyl (C=O) groups is 3. The number of sulfonamides is 1. The zero-order valence-electron chi connectivity index (χ0n) is 21.4. The first-order valence-corrected chi connectivity index (χ1v) is 14.6. The minimum Gasteiger partial charge on any atom is -0.349 e. The van der Waals surface area contributed by atoms with E-state index in [9.17, 15) is 22.8 Å². The number of hydrogen-bond donors (Lipinski definition) is 1. The molecule has 3 heterocycles. The lowest BCUT2D eigenvalue weighted by Crippen LogP contribution is -2.55. The number of carbonyl (C=O) groups excluding carboxylic acids is 3. The molecule has 2 fully saturated rings. The topological polar surface area (TPSA) is 123 Å². The van der Waals surface area contributed by atoms with Crippen molar-refractivity contribution in [1.29, 1.82) is 0 Å². The number of halogens is 1. The number of thiophene rings is 1. The van der Waals surface area contributed by atoms with Crippen molar-refractivity contribution >= 4 is 62.7 Å². The van der Waals surface area contributed by atoms with Gasteiger partial charge in [0.05, 0.1) is 10.9 Å². The zero-order valence-corrected chi connectivity index (χ0v) is 23.8. The highest BCUT2D eigenvalue weighted by molar-refractivity contribution is 7.92. The Morgan fingerprint density at radius 1 is 1.16 bits per heavy atom. The van der Waals surface area contributed by atoms with Crippen LogP contribution >= 0.6 is 22.9 Å². The first-order chi connectivity index (χ1) is 17.4. The number of rotatable bonds is 7. The van der Waals surface area contributed by atoms with E-state index in [-0.39, 0.29) is 12.5 Å². The first kappa shape index (κ1) is 29.1. The van der Waals surface area contributed by atoms with E-state index < -0.39 is 33.9 Å². The van der Waals surface area contributed by atoms with Crippen molar-refractivity contribution in [2.45, 2.75) is 37.8 Å². The van der Waals surface area contributed by atoms with Crippen molar-refractivity contribution in [3.63, 3.8) is 0 Å². The molecule has 3 amide bonds. The molecule has 2 unspecified atom stereocenters. The van der Waals surface area contributed by atoms with Crippen LogP contribution in [-0.4, -0.2) is 112 Å². The largest absolute Gasteiger partial charge is 0.349 e. The van der Waals surface area contributed by atoms with Crippen LogP contribution in [0.15, 0.2) is 22.5 Å². The van der Waals surface area contributed by atoms with E-state index in [1.165, 1.54) is 27.2 Å². The van der Waals surface area contributed by atoms with Gasteiger partial charge in [-0.3, -0.25) is 14.4 Å². The summed E-state index contributed by atoms with van der Waals surface area (Å²) in [5.41, 5.74) is 0. The molecule has 0 bridgehead atoms. The SMILES string of the molecule is CN(C)C(=NC(=O)C1CCCN1C(=O)CN1CCCC(NS(=O)(=O)/C=C/c2ccc(Cl)s2)C1=O)N(C)C. The highest BCUT2D eigenvalue weighted by Gasteiger charge is 2.37. The Morgan fingerprint density at radius 2 is 1.84 bits per heavy atom. The Labute approximate surface area is 226 Å². The van der Waals surface area contributed by atoms with Gasteiger partial charge in [-0.05, 0) is 43.9 Å². The van der Waals surface area contributed by atoms with Crippen molar-refractivity contribution in [3.05, 3.63) is 26.8 Å². The lowest BCUT2D eigenvalue weighted by molar-refractivity contribution is -0.144. The standard InChI is InChI=1S/C23H33ClN6O5S2/c1-27(2)23(28(3)4)25-21(32)18-8-6-13-30(18)20(31)15-29-12-5-7-17(22(29)33)26-37(34,35)14-11-16-9-10-19(24)36-16/h9-11,14,17-18,26H,5-8,12-13,15H2,1-4H3/b14-11+. The number of nitrogens with zero attached hydrogens (tertiary/aromatic N) is 5. The number of amides is 3. The number of piperidine rings is 1. The van der Waals surface area contributed by atoms with Gasteiger partial charge in [0.2, 0.25) is 27.8 Å². The number of guanidine groups is 1.